The lowest BCUT2D eigenvalue weighted by Crippen LogP contribution is -2.46. The number of benzene rings is 1. The molecule has 2 nitrogen and oxygen atoms in total. The first-order chi connectivity index (χ1) is 7.43. The first-order valence-electron chi connectivity index (χ1n) is 5.55. The van der Waals surface area contributed by atoms with Crippen molar-refractivity contribution in [3.8, 4) is 0 Å². The average molecular weight is 241 g/mol. The predicted molar refractivity (Wildman–Crippen MR) is 70.9 cm³/mol. The standard InChI is InChI=1S/C13H21ClN2/c1-13(2,15-3)10-16(4)9-11-5-7-12(14)8-6-11/h5-8,15H,9-10H2,1-4H3. The molecule has 3 heteroatoms. The lowest BCUT2D eigenvalue weighted by molar-refractivity contribution is 0.238. The van der Waals surface area contributed by atoms with Crippen molar-refractivity contribution in [2.75, 3.05) is 20.6 Å². The van der Waals surface area contributed by atoms with Crippen LogP contribution in [0.3, 0.4) is 0 Å². The van der Waals surface area contributed by atoms with Gasteiger partial charge in [-0.25, -0.2) is 0 Å². The zero-order valence-corrected chi connectivity index (χ0v) is 11.3. The molecule has 0 aliphatic rings. The second-order valence-electron chi connectivity index (χ2n) is 4.93. The maximum absolute atomic E-state index is 5.85. The third-order valence-corrected chi connectivity index (χ3v) is 2.96. The first-order valence-corrected chi connectivity index (χ1v) is 5.93. The fraction of sp³-hybridized carbons (Fsp3) is 0.538. The molecule has 1 aromatic carbocycles. The second kappa shape index (κ2) is 5.67. The molecule has 0 saturated carbocycles. The fourth-order valence-electron chi connectivity index (χ4n) is 1.71. The summed E-state index contributed by atoms with van der Waals surface area (Å²) in [4.78, 5) is 2.31. The van der Waals surface area contributed by atoms with Crippen molar-refractivity contribution < 1.29 is 0 Å². The van der Waals surface area contributed by atoms with Gasteiger partial charge in [-0.2, -0.15) is 0 Å². The van der Waals surface area contributed by atoms with Crippen LogP contribution in [0.1, 0.15) is 19.4 Å². The minimum atomic E-state index is 0.140. The highest BCUT2D eigenvalue weighted by atomic mass is 35.5. The summed E-state index contributed by atoms with van der Waals surface area (Å²) in [6.07, 6.45) is 0. The Morgan fingerprint density at radius 2 is 1.81 bits per heavy atom. The van der Waals surface area contributed by atoms with Crippen molar-refractivity contribution in [3.05, 3.63) is 34.9 Å². The summed E-state index contributed by atoms with van der Waals surface area (Å²) >= 11 is 5.85. The highest BCUT2D eigenvalue weighted by Crippen LogP contribution is 2.12. The van der Waals surface area contributed by atoms with Gasteiger partial charge in [0.2, 0.25) is 0 Å². The molecule has 0 radical (unpaired) electrons. The van der Waals surface area contributed by atoms with E-state index in [0.29, 0.717) is 0 Å². The van der Waals surface area contributed by atoms with Gasteiger partial charge < -0.3 is 10.2 Å². The summed E-state index contributed by atoms with van der Waals surface area (Å²) in [6, 6.07) is 8.03. The number of hydrogen-bond acceptors (Lipinski definition) is 2. The van der Waals surface area contributed by atoms with E-state index in [9.17, 15) is 0 Å². The predicted octanol–water partition coefficient (Wildman–Crippen LogP) is 2.77. The van der Waals surface area contributed by atoms with Crippen LogP contribution in [0.15, 0.2) is 24.3 Å². The molecule has 0 unspecified atom stereocenters. The summed E-state index contributed by atoms with van der Waals surface area (Å²) in [5.41, 5.74) is 1.43. The summed E-state index contributed by atoms with van der Waals surface area (Å²) < 4.78 is 0. The van der Waals surface area contributed by atoms with Crippen molar-refractivity contribution in [3.63, 3.8) is 0 Å². The number of rotatable bonds is 5. The van der Waals surface area contributed by atoms with E-state index in [0.717, 1.165) is 18.1 Å². The Bertz CT molecular complexity index is 319. The van der Waals surface area contributed by atoms with Crippen LogP contribution in [-0.2, 0) is 6.54 Å². The molecule has 0 aromatic heterocycles. The lowest BCUT2D eigenvalue weighted by atomic mass is 10.1. The molecular formula is C13H21ClN2. The summed E-state index contributed by atoms with van der Waals surface area (Å²) in [7, 11) is 4.13. The lowest BCUT2D eigenvalue weighted by Gasteiger charge is -2.30. The van der Waals surface area contributed by atoms with E-state index < -0.39 is 0 Å². The Morgan fingerprint density at radius 3 is 2.31 bits per heavy atom. The van der Waals surface area contributed by atoms with Gasteiger partial charge in [-0.05, 0) is 45.6 Å². The molecule has 16 heavy (non-hydrogen) atoms. The zero-order chi connectivity index (χ0) is 12.2. The molecule has 0 bridgehead atoms. The molecule has 0 aliphatic carbocycles. The quantitative estimate of drug-likeness (QED) is 0.852. The number of nitrogens with one attached hydrogen (secondary N) is 1. The fourth-order valence-corrected chi connectivity index (χ4v) is 1.84. The van der Waals surface area contributed by atoms with Gasteiger partial charge in [0, 0.05) is 23.7 Å². The zero-order valence-electron chi connectivity index (χ0n) is 10.5. The van der Waals surface area contributed by atoms with E-state index in [1.165, 1.54) is 5.56 Å². The van der Waals surface area contributed by atoms with Crippen LogP contribution < -0.4 is 5.32 Å². The summed E-state index contributed by atoms with van der Waals surface area (Å²) in [5.74, 6) is 0. The van der Waals surface area contributed by atoms with Crippen molar-refractivity contribution in [1.29, 1.82) is 0 Å². The Hall–Kier alpha value is -0.570. The first kappa shape index (κ1) is 13.5. The Labute approximate surface area is 104 Å². The molecule has 0 spiro atoms. The monoisotopic (exact) mass is 240 g/mol. The molecule has 0 aliphatic heterocycles. The van der Waals surface area contributed by atoms with Crippen LogP contribution in [0.2, 0.25) is 5.02 Å². The van der Waals surface area contributed by atoms with E-state index in [2.05, 4.69) is 43.2 Å². The van der Waals surface area contributed by atoms with Crippen LogP contribution in [0.5, 0.6) is 0 Å². The van der Waals surface area contributed by atoms with Gasteiger partial charge in [0.15, 0.2) is 0 Å². The number of likely N-dealkylation sites (N-methyl/N-ethyl adjacent to an activating group) is 2. The Morgan fingerprint density at radius 1 is 1.25 bits per heavy atom. The normalized spacial score (nSPS) is 12.1. The Kier molecular flexibility index (Phi) is 4.78. The molecule has 1 rings (SSSR count). The number of hydrogen-bond donors (Lipinski definition) is 1. The van der Waals surface area contributed by atoms with E-state index in [1.807, 2.05) is 19.2 Å². The number of halogens is 1. The van der Waals surface area contributed by atoms with Gasteiger partial charge in [0.25, 0.3) is 0 Å². The SMILES string of the molecule is CNC(C)(C)CN(C)Cc1ccc(Cl)cc1. The maximum Gasteiger partial charge on any atom is 0.0406 e. The molecule has 90 valence electrons. The van der Waals surface area contributed by atoms with E-state index in [-0.39, 0.29) is 5.54 Å². The van der Waals surface area contributed by atoms with Crippen molar-refractivity contribution in [1.82, 2.24) is 10.2 Å². The molecule has 0 atom stereocenters. The van der Waals surface area contributed by atoms with Gasteiger partial charge in [-0.15, -0.1) is 0 Å². The van der Waals surface area contributed by atoms with Crippen molar-refractivity contribution in [2.45, 2.75) is 25.9 Å². The van der Waals surface area contributed by atoms with Gasteiger partial charge >= 0.3 is 0 Å². The highest BCUT2D eigenvalue weighted by molar-refractivity contribution is 6.30. The van der Waals surface area contributed by atoms with Crippen LogP contribution in [0, 0.1) is 0 Å². The highest BCUT2D eigenvalue weighted by Gasteiger charge is 2.16. The van der Waals surface area contributed by atoms with Crippen molar-refractivity contribution in [2.24, 2.45) is 0 Å². The van der Waals surface area contributed by atoms with Gasteiger partial charge in [-0.3, -0.25) is 0 Å². The maximum atomic E-state index is 5.85. The minimum absolute atomic E-state index is 0.140. The smallest absolute Gasteiger partial charge is 0.0406 e. The molecule has 1 N–H and O–H groups in total. The topological polar surface area (TPSA) is 15.3 Å². The summed E-state index contributed by atoms with van der Waals surface area (Å²) in [5, 5.41) is 4.10. The third-order valence-electron chi connectivity index (χ3n) is 2.71. The van der Waals surface area contributed by atoms with Crippen LogP contribution in [0.4, 0.5) is 0 Å². The van der Waals surface area contributed by atoms with Crippen LogP contribution in [0.25, 0.3) is 0 Å². The molecule has 0 fully saturated rings. The van der Waals surface area contributed by atoms with Crippen LogP contribution in [-0.4, -0.2) is 31.1 Å². The van der Waals surface area contributed by atoms with Crippen molar-refractivity contribution >= 4 is 11.6 Å². The molecule has 0 amide bonds. The minimum Gasteiger partial charge on any atom is -0.314 e. The van der Waals surface area contributed by atoms with Gasteiger partial charge in [0.1, 0.15) is 0 Å². The average Bonchev–Trinajstić information content (AvgIpc) is 2.21. The molecular weight excluding hydrogens is 220 g/mol. The largest absolute Gasteiger partial charge is 0.314 e. The summed E-state index contributed by atoms with van der Waals surface area (Å²) in [6.45, 7) is 6.35. The van der Waals surface area contributed by atoms with E-state index in [1.54, 1.807) is 0 Å². The van der Waals surface area contributed by atoms with Crippen LogP contribution >= 0.6 is 11.6 Å². The van der Waals surface area contributed by atoms with E-state index >= 15 is 0 Å². The van der Waals surface area contributed by atoms with Gasteiger partial charge in [-0.1, -0.05) is 23.7 Å². The molecule has 0 heterocycles. The third kappa shape index (κ3) is 4.52. The number of nitrogens with zero attached hydrogens (tertiary/aromatic N) is 1. The Balaban J connectivity index is 2.51. The van der Waals surface area contributed by atoms with Gasteiger partial charge in [0.05, 0.1) is 0 Å². The second-order valence-corrected chi connectivity index (χ2v) is 5.37. The van der Waals surface area contributed by atoms with E-state index in [4.69, 9.17) is 11.6 Å². The molecule has 0 saturated heterocycles. The molecule has 1 aromatic rings.